The smallest absolute Gasteiger partial charge is 0.320 e. The average molecular weight is 439 g/mol. The van der Waals surface area contributed by atoms with E-state index in [1.165, 1.54) is 0 Å². The fourth-order valence-electron chi connectivity index (χ4n) is 4.90. The van der Waals surface area contributed by atoms with E-state index < -0.39 is 18.3 Å². The van der Waals surface area contributed by atoms with Crippen LogP contribution in [0.4, 0.5) is 0 Å². The summed E-state index contributed by atoms with van der Waals surface area (Å²) in [4.78, 5) is 27.8. The van der Waals surface area contributed by atoms with Gasteiger partial charge in [0.1, 0.15) is 5.16 Å². The van der Waals surface area contributed by atoms with Crippen LogP contribution in [0.2, 0.25) is 0 Å². The number of esters is 1. The van der Waals surface area contributed by atoms with Crippen LogP contribution in [0.5, 0.6) is 0 Å². The minimum absolute atomic E-state index is 0.170. The van der Waals surface area contributed by atoms with Crippen molar-refractivity contribution in [1.82, 2.24) is 4.90 Å². The Morgan fingerprint density at radius 2 is 1.42 bits per heavy atom. The first-order valence-electron chi connectivity index (χ1n) is 11.0. The molecule has 4 rings (SSSR count). The number of benzene rings is 2. The Labute approximate surface area is 184 Å². The predicted molar refractivity (Wildman–Crippen MR) is 122 cm³/mol. The van der Waals surface area contributed by atoms with Crippen molar-refractivity contribution in [2.24, 2.45) is 11.8 Å². The first kappa shape index (κ1) is 21.8. The number of ether oxygens (including phenoxy) is 1. The van der Waals surface area contributed by atoms with Crippen molar-refractivity contribution in [2.45, 2.75) is 38.3 Å². The zero-order chi connectivity index (χ0) is 22.1. The number of hydrogen-bond acceptors (Lipinski definition) is 4. The molecule has 6 heteroatoms. The molecule has 0 radical (unpaired) electrons. The quantitative estimate of drug-likeness (QED) is 0.510. The highest BCUT2D eigenvalue weighted by atomic mass is 31.2. The van der Waals surface area contributed by atoms with Crippen LogP contribution < -0.4 is 10.6 Å². The third kappa shape index (κ3) is 4.08. The molecule has 2 aromatic rings. The van der Waals surface area contributed by atoms with Gasteiger partial charge < -0.3 is 14.2 Å². The fraction of sp³-hybridized carbons (Fsp3) is 0.440. The molecule has 1 aliphatic heterocycles. The molecule has 1 saturated heterocycles. The molecule has 31 heavy (non-hydrogen) atoms. The van der Waals surface area contributed by atoms with E-state index in [0.29, 0.717) is 48.4 Å². The first-order chi connectivity index (χ1) is 14.9. The van der Waals surface area contributed by atoms with E-state index >= 15 is 0 Å². The van der Waals surface area contributed by atoms with E-state index in [0.717, 1.165) is 6.42 Å². The average Bonchev–Trinajstić information content (AvgIpc) is 3.60. The molecule has 164 valence electrons. The number of rotatable bonds is 6. The van der Waals surface area contributed by atoms with Crippen LogP contribution in [-0.2, 0) is 18.9 Å². The molecule has 1 saturated carbocycles. The molecular weight excluding hydrogens is 409 g/mol. The number of likely N-dealkylation sites (tertiary alicyclic amines) is 1. The van der Waals surface area contributed by atoms with Crippen LogP contribution in [0.15, 0.2) is 60.7 Å². The zero-order valence-corrected chi connectivity index (χ0v) is 19.1. The highest BCUT2D eigenvalue weighted by molar-refractivity contribution is 7.81. The number of carbonyl (C=O) groups is 2. The van der Waals surface area contributed by atoms with E-state index in [1.54, 1.807) is 4.90 Å². The summed E-state index contributed by atoms with van der Waals surface area (Å²) in [6, 6.07) is 18.4. The van der Waals surface area contributed by atoms with Gasteiger partial charge in [0.25, 0.3) is 5.91 Å². The Kier molecular flexibility index (Phi) is 6.07. The molecular formula is C25H30NO4P. The largest absolute Gasteiger partial charge is 0.455 e. The molecule has 2 unspecified atom stereocenters. The summed E-state index contributed by atoms with van der Waals surface area (Å²) >= 11 is 0. The van der Waals surface area contributed by atoms with E-state index in [-0.39, 0.29) is 12.5 Å². The number of hydrogen-bond donors (Lipinski definition) is 0. The molecule has 2 atom stereocenters. The predicted octanol–water partition coefficient (Wildman–Crippen LogP) is 3.58. The topological polar surface area (TPSA) is 63.7 Å². The second-order valence-corrected chi connectivity index (χ2v) is 12.2. The van der Waals surface area contributed by atoms with Crippen LogP contribution in [0, 0.1) is 11.8 Å². The Morgan fingerprint density at radius 3 is 1.87 bits per heavy atom. The summed E-state index contributed by atoms with van der Waals surface area (Å²) in [5, 5.41) is 0.222. The van der Waals surface area contributed by atoms with Gasteiger partial charge in [-0.05, 0) is 31.1 Å². The Morgan fingerprint density at radius 1 is 0.935 bits per heavy atom. The second-order valence-electron chi connectivity index (χ2n) is 9.13. The van der Waals surface area contributed by atoms with Gasteiger partial charge in [0.05, 0.1) is 0 Å². The second kappa shape index (κ2) is 8.63. The normalized spacial score (nSPS) is 22.6. The van der Waals surface area contributed by atoms with Gasteiger partial charge in [-0.25, -0.2) is 0 Å². The van der Waals surface area contributed by atoms with Crippen LogP contribution >= 0.6 is 7.14 Å². The van der Waals surface area contributed by atoms with Crippen molar-refractivity contribution in [2.75, 3.05) is 19.7 Å². The summed E-state index contributed by atoms with van der Waals surface area (Å²) in [5.74, 6) is 0.191. The van der Waals surface area contributed by atoms with Gasteiger partial charge in [0, 0.05) is 23.7 Å². The van der Waals surface area contributed by atoms with Crippen molar-refractivity contribution < 1.29 is 18.9 Å². The SMILES string of the molecule is CC1CC(C)CN(C(=O)COC(=O)C2(P(=O)(c3ccccc3)c3ccccc3)CC2)C1. The lowest BCUT2D eigenvalue weighted by Crippen LogP contribution is -2.45. The van der Waals surface area contributed by atoms with Gasteiger partial charge in [0.15, 0.2) is 13.7 Å². The Bertz CT molecular complexity index is 934. The summed E-state index contributed by atoms with van der Waals surface area (Å²) in [7, 11) is -3.28. The highest BCUT2D eigenvalue weighted by Gasteiger charge is 2.65. The zero-order valence-electron chi connectivity index (χ0n) is 18.2. The molecule has 1 aliphatic carbocycles. The Balaban J connectivity index is 1.55. The Hall–Kier alpha value is -2.39. The van der Waals surface area contributed by atoms with Gasteiger partial charge in [-0.3, -0.25) is 9.59 Å². The lowest BCUT2D eigenvalue weighted by molar-refractivity contribution is -0.153. The lowest BCUT2D eigenvalue weighted by atomic mass is 9.92. The molecule has 2 aromatic carbocycles. The van der Waals surface area contributed by atoms with Crippen molar-refractivity contribution in [3.05, 3.63) is 60.7 Å². The van der Waals surface area contributed by atoms with E-state index in [1.807, 2.05) is 60.7 Å². The molecule has 0 aromatic heterocycles. The van der Waals surface area contributed by atoms with E-state index in [9.17, 15) is 14.2 Å². The molecule has 0 N–H and O–H groups in total. The van der Waals surface area contributed by atoms with Crippen molar-refractivity contribution in [3.63, 3.8) is 0 Å². The number of carbonyl (C=O) groups excluding carboxylic acids is 2. The third-order valence-corrected chi connectivity index (χ3v) is 10.4. The number of piperidine rings is 1. The van der Waals surface area contributed by atoms with E-state index in [4.69, 9.17) is 4.74 Å². The summed E-state index contributed by atoms with van der Waals surface area (Å²) in [5.41, 5.74) is 0. The highest BCUT2D eigenvalue weighted by Crippen LogP contribution is 2.68. The maximum Gasteiger partial charge on any atom is 0.320 e. The maximum atomic E-state index is 14.6. The number of amides is 1. The van der Waals surface area contributed by atoms with Gasteiger partial charge in [0.2, 0.25) is 0 Å². The van der Waals surface area contributed by atoms with Gasteiger partial charge in [-0.1, -0.05) is 74.5 Å². The molecule has 0 bridgehead atoms. The fourth-order valence-corrected chi connectivity index (χ4v) is 8.44. The third-order valence-electron chi connectivity index (χ3n) is 6.49. The van der Waals surface area contributed by atoms with Gasteiger partial charge >= 0.3 is 5.97 Å². The monoisotopic (exact) mass is 439 g/mol. The standard InChI is InChI=1S/C25H30NO4P/c1-19-15-20(2)17-26(16-19)23(27)18-30-24(28)25(13-14-25)31(29,21-9-5-3-6-10-21)22-11-7-4-8-12-22/h3-12,19-20H,13-18H2,1-2H3. The number of nitrogens with zero attached hydrogens (tertiary/aromatic N) is 1. The molecule has 1 amide bonds. The van der Waals surface area contributed by atoms with Crippen LogP contribution in [0.1, 0.15) is 33.1 Å². The summed E-state index contributed by atoms with van der Waals surface area (Å²) in [6.45, 7) is 5.37. The van der Waals surface area contributed by atoms with Gasteiger partial charge in [-0.2, -0.15) is 0 Å². The van der Waals surface area contributed by atoms with Crippen LogP contribution in [0.3, 0.4) is 0 Å². The summed E-state index contributed by atoms with van der Waals surface area (Å²) < 4.78 is 20.1. The first-order valence-corrected chi connectivity index (χ1v) is 12.7. The van der Waals surface area contributed by atoms with Gasteiger partial charge in [-0.15, -0.1) is 0 Å². The van der Waals surface area contributed by atoms with E-state index in [2.05, 4.69) is 13.8 Å². The van der Waals surface area contributed by atoms with Crippen LogP contribution in [-0.4, -0.2) is 41.6 Å². The molecule has 5 nitrogen and oxygen atoms in total. The molecule has 2 aliphatic rings. The van der Waals surface area contributed by atoms with Crippen molar-refractivity contribution >= 4 is 29.6 Å². The minimum atomic E-state index is -3.28. The molecule has 1 heterocycles. The summed E-state index contributed by atoms with van der Waals surface area (Å²) in [6.07, 6.45) is 2.10. The van der Waals surface area contributed by atoms with Crippen molar-refractivity contribution in [1.29, 1.82) is 0 Å². The molecule has 2 fully saturated rings. The lowest BCUT2D eigenvalue weighted by Gasteiger charge is -2.35. The van der Waals surface area contributed by atoms with Crippen molar-refractivity contribution in [3.8, 4) is 0 Å². The minimum Gasteiger partial charge on any atom is -0.455 e. The molecule has 0 spiro atoms. The maximum absolute atomic E-state index is 14.6. The van der Waals surface area contributed by atoms with Crippen LogP contribution in [0.25, 0.3) is 0 Å².